The molecule has 1 aromatic heterocycles. The van der Waals surface area contributed by atoms with Crippen molar-refractivity contribution in [1.82, 2.24) is 4.57 Å². The monoisotopic (exact) mass is 200 g/mol. The van der Waals surface area contributed by atoms with E-state index in [1.807, 2.05) is 19.1 Å². The highest BCUT2D eigenvalue weighted by atomic mass is 14.9. The van der Waals surface area contributed by atoms with E-state index in [9.17, 15) is 0 Å². The summed E-state index contributed by atoms with van der Waals surface area (Å²) >= 11 is 0. The molecule has 0 amide bonds. The van der Waals surface area contributed by atoms with Crippen LogP contribution in [0, 0.1) is 6.92 Å². The first-order valence-electron chi connectivity index (χ1n) is 5.12. The molecule has 1 heterocycles. The van der Waals surface area contributed by atoms with Crippen molar-refractivity contribution in [3.63, 3.8) is 0 Å². The molecule has 0 radical (unpaired) electrons. The molecule has 2 rings (SSSR count). The number of aromatic nitrogens is 1. The van der Waals surface area contributed by atoms with Crippen LogP contribution in [0.2, 0.25) is 0 Å². The van der Waals surface area contributed by atoms with E-state index in [0.717, 1.165) is 5.69 Å². The Labute approximate surface area is 90.0 Å². The van der Waals surface area contributed by atoms with Crippen LogP contribution in [0.5, 0.6) is 0 Å². The fourth-order valence-corrected chi connectivity index (χ4v) is 2.06. The van der Waals surface area contributed by atoms with E-state index in [4.69, 9.17) is 5.73 Å². The molecule has 0 aliphatic rings. The first-order valence-corrected chi connectivity index (χ1v) is 5.12. The third kappa shape index (κ3) is 1.42. The average molecular weight is 200 g/mol. The van der Waals surface area contributed by atoms with E-state index in [1.54, 1.807) is 0 Å². The minimum atomic E-state index is 0.815. The van der Waals surface area contributed by atoms with Crippen LogP contribution >= 0.6 is 0 Å². The maximum atomic E-state index is 5.79. The number of nitrogens with two attached hydrogens (primary N) is 1. The van der Waals surface area contributed by atoms with Gasteiger partial charge in [-0.05, 0) is 37.6 Å². The lowest BCUT2D eigenvalue weighted by atomic mass is 10.1. The normalized spacial score (nSPS) is 11.7. The predicted molar refractivity (Wildman–Crippen MR) is 66.8 cm³/mol. The Balaban J connectivity index is 2.85. The highest BCUT2D eigenvalue weighted by molar-refractivity contribution is 5.89. The van der Waals surface area contributed by atoms with Crippen LogP contribution in [0.15, 0.2) is 24.3 Å². The van der Waals surface area contributed by atoms with Crippen LogP contribution in [0.1, 0.15) is 18.2 Å². The lowest BCUT2D eigenvalue weighted by Gasteiger charge is -2.00. The van der Waals surface area contributed by atoms with Crippen molar-refractivity contribution < 1.29 is 0 Å². The van der Waals surface area contributed by atoms with Crippen molar-refractivity contribution in [1.29, 1.82) is 0 Å². The average Bonchev–Trinajstić information content (AvgIpc) is 2.44. The molecule has 15 heavy (non-hydrogen) atoms. The van der Waals surface area contributed by atoms with Gasteiger partial charge in [-0.25, -0.2) is 0 Å². The second kappa shape index (κ2) is 3.46. The molecule has 0 saturated heterocycles. The molecule has 2 aromatic rings. The molecule has 0 aliphatic carbocycles. The molecule has 1 aromatic carbocycles. The Bertz CT molecular complexity index is 533. The van der Waals surface area contributed by atoms with E-state index in [1.165, 1.54) is 22.2 Å². The highest BCUT2D eigenvalue weighted by Crippen LogP contribution is 2.27. The van der Waals surface area contributed by atoms with Crippen molar-refractivity contribution in [3.05, 3.63) is 35.5 Å². The van der Waals surface area contributed by atoms with Gasteiger partial charge in [-0.2, -0.15) is 0 Å². The molecule has 0 bridgehead atoms. The Morgan fingerprint density at radius 1 is 1.33 bits per heavy atom. The summed E-state index contributed by atoms with van der Waals surface area (Å²) in [6.45, 7) is 4.18. The number of anilines is 1. The van der Waals surface area contributed by atoms with Gasteiger partial charge in [0.1, 0.15) is 0 Å². The number of fused-ring (bicyclic) bond motifs is 1. The van der Waals surface area contributed by atoms with Gasteiger partial charge in [0.25, 0.3) is 0 Å². The molecule has 0 aliphatic heterocycles. The fraction of sp³-hybridized carbons (Fsp3) is 0.231. The van der Waals surface area contributed by atoms with Crippen molar-refractivity contribution in [2.24, 2.45) is 7.05 Å². The zero-order valence-electron chi connectivity index (χ0n) is 9.41. The first kappa shape index (κ1) is 9.84. The van der Waals surface area contributed by atoms with Crippen LogP contribution in [0.3, 0.4) is 0 Å². The van der Waals surface area contributed by atoms with E-state index in [-0.39, 0.29) is 0 Å². The number of hydrogen-bond acceptors (Lipinski definition) is 1. The molecule has 0 saturated carbocycles. The summed E-state index contributed by atoms with van der Waals surface area (Å²) in [5.41, 5.74) is 10.4. The quantitative estimate of drug-likeness (QED) is 0.704. The number of hydrogen-bond donors (Lipinski definition) is 1. The molecule has 0 atom stereocenters. The van der Waals surface area contributed by atoms with Crippen LogP contribution in [-0.2, 0) is 7.05 Å². The highest BCUT2D eigenvalue weighted by Gasteiger charge is 2.08. The number of allylic oxidation sites excluding steroid dienone is 1. The predicted octanol–water partition coefficient (Wildman–Crippen LogP) is 3.10. The molecule has 2 N–H and O–H groups in total. The van der Waals surface area contributed by atoms with E-state index >= 15 is 0 Å². The number of nitrogens with zero attached hydrogens (tertiary/aromatic N) is 1. The Hall–Kier alpha value is -1.70. The van der Waals surface area contributed by atoms with Gasteiger partial charge in [0.2, 0.25) is 0 Å². The van der Waals surface area contributed by atoms with Crippen molar-refractivity contribution in [2.75, 3.05) is 5.73 Å². The molecular formula is C13H16N2. The van der Waals surface area contributed by atoms with Gasteiger partial charge in [0.05, 0.1) is 5.52 Å². The topological polar surface area (TPSA) is 30.9 Å². The standard InChI is InChI=1S/C13H16N2/c1-4-5-12-9(2)11-7-6-10(14)8-13(11)15(12)3/h4-8H,14H2,1-3H3/b5-4-. The molecule has 78 valence electrons. The molecule has 0 fully saturated rings. The lowest BCUT2D eigenvalue weighted by molar-refractivity contribution is 0.948. The molecule has 0 unspecified atom stereocenters. The SMILES string of the molecule is C/C=C\c1c(C)c2ccc(N)cc2n1C. The second-order valence-electron chi connectivity index (χ2n) is 3.85. The third-order valence-electron chi connectivity index (χ3n) is 2.86. The van der Waals surface area contributed by atoms with Crippen LogP contribution in [0.4, 0.5) is 5.69 Å². The smallest absolute Gasteiger partial charge is 0.0505 e. The molecule has 2 nitrogen and oxygen atoms in total. The maximum Gasteiger partial charge on any atom is 0.0505 e. The van der Waals surface area contributed by atoms with E-state index < -0.39 is 0 Å². The van der Waals surface area contributed by atoms with Gasteiger partial charge in [-0.3, -0.25) is 0 Å². The number of aryl methyl sites for hydroxylation is 2. The van der Waals surface area contributed by atoms with Crippen molar-refractivity contribution in [2.45, 2.75) is 13.8 Å². The summed E-state index contributed by atoms with van der Waals surface area (Å²) in [6, 6.07) is 6.07. The third-order valence-corrected chi connectivity index (χ3v) is 2.86. The minimum absolute atomic E-state index is 0.815. The lowest BCUT2D eigenvalue weighted by Crippen LogP contribution is -1.91. The van der Waals surface area contributed by atoms with Crippen LogP contribution in [-0.4, -0.2) is 4.57 Å². The number of benzene rings is 1. The Kier molecular flexibility index (Phi) is 2.27. The van der Waals surface area contributed by atoms with Crippen LogP contribution < -0.4 is 5.73 Å². The minimum Gasteiger partial charge on any atom is -0.399 e. The number of nitrogen functional groups attached to an aromatic ring is 1. The zero-order valence-corrected chi connectivity index (χ0v) is 9.41. The molecule has 2 heteroatoms. The zero-order chi connectivity index (χ0) is 11.0. The maximum absolute atomic E-state index is 5.79. The van der Waals surface area contributed by atoms with Gasteiger partial charge < -0.3 is 10.3 Å². The Morgan fingerprint density at radius 3 is 2.73 bits per heavy atom. The summed E-state index contributed by atoms with van der Waals surface area (Å²) in [4.78, 5) is 0. The molecular weight excluding hydrogens is 184 g/mol. The van der Waals surface area contributed by atoms with Gasteiger partial charge in [0.15, 0.2) is 0 Å². The van der Waals surface area contributed by atoms with E-state index in [2.05, 4.69) is 36.8 Å². The van der Waals surface area contributed by atoms with Crippen LogP contribution in [0.25, 0.3) is 17.0 Å². The van der Waals surface area contributed by atoms with Gasteiger partial charge in [0, 0.05) is 23.8 Å². The summed E-state index contributed by atoms with van der Waals surface area (Å²) in [5.74, 6) is 0. The fourth-order valence-electron chi connectivity index (χ4n) is 2.06. The largest absolute Gasteiger partial charge is 0.399 e. The second-order valence-corrected chi connectivity index (χ2v) is 3.85. The van der Waals surface area contributed by atoms with Gasteiger partial charge in [-0.15, -0.1) is 0 Å². The van der Waals surface area contributed by atoms with Gasteiger partial charge >= 0.3 is 0 Å². The van der Waals surface area contributed by atoms with E-state index in [0.29, 0.717) is 0 Å². The van der Waals surface area contributed by atoms with Gasteiger partial charge in [-0.1, -0.05) is 12.1 Å². The number of rotatable bonds is 1. The van der Waals surface area contributed by atoms with Crippen molar-refractivity contribution >= 4 is 22.7 Å². The summed E-state index contributed by atoms with van der Waals surface area (Å²) in [6.07, 6.45) is 4.19. The molecule has 0 spiro atoms. The Morgan fingerprint density at radius 2 is 2.07 bits per heavy atom. The van der Waals surface area contributed by atoms with Crippen molar-refractivity contribution in [3.8, 4) is 0 Å². The summed E-state index contributed by atoms with van der Waals surface area (Å²) < 4.78 is 2.18. The summed E-state index contributed by atoms with van der Waals surface area (Å²) in [5, 5.41) is 1.28. The summed E-state index contributed by atoms with van der Waals surface area (Å²) in [7, 11) is 2.07. The first-order chi connectivity index (χ1) is 7.15.